The van der Waals surface area contributed by atoms with E-state index in [9.17, 15) is 0 Å². The molecule has 0 saturated carbocycles. The fourth-order valence-electron chi connectivity index (χ4n) is 2.65. The van der Waals surface area contributed by atoms with Crippen molar-refractivity contribution in [1.29, 1.82) is 0 Å². The third kappa shape index (κ3) is 3.61. The van der Waals surface area contributed by atoms with Crippen LogP contribution in [-0.4, -0.2) is 13.2 Å². The van der Waals surface area contributed by atoms with Gasteiger partial charge in [-0.2, -0.15) is 0 Å². The average molecular weight is 245 g/mol. The molecule has 0 heterocycles. The van der Waals surface area contributed by atoms with Crippen LogP contribution in [0.3, 0.4) is 0 Å². The van der Waals surface area contributed by atoms with Gasteiger partial charge in [0.25, 0.3) is 0 Å². The molecular formula is C16H23NO. The fourth-order valence-corrected chi connectivity index (χ4v) is 2.65. The second-order valence-corrected chi connectivity index (χ2v) is 5.09. The number of ether oxygens (including phenoxy) is 1. The molecule has 0 bridgehead atoms. The zero-order valence-electron chi connectivity index (χ0n) is 11.2. The molecule has 1 aliphatic rings. The Morgan fingerprint density at radius 3 is 2.78 bits per heavy atom. The van der Waals surface area contributed by atoms with Crippen LogP contribution in [0.1, 0.15) is 37.7 Å². The second kappa shape index (κ2) is 6.60. The summed E-state index contributed by atoms with van der Waals surface area (Å²) in [6.07, 6.45) is 9.43. The van der Waals surface area contributed by atoms with Gasteiger partial charge in [0.2, 0.25) is 0 Å². The summed E-state index contributed by atoms with van der Waals surface area (Å²) in [6, 6.07) is 8.35. The fraction of sp³-hybridized carbons (Fsp3) is 0.500. The van der Waals surface area contributed by atoms with E-state index in [-0.39, 0.29) is 6.04 Å². The van der Waals surface area contributed by atoms with Gasteiger partial charge in [-0.05, 0) is 50.2 Å². The second-order valence-electron chi connectivity index (χ2n) is 5.09. The minimum absolute atomic E-state index is 0.200. The number of methoxy groups -OCH3 is 1. The number of nitrogens with two attached hydrogens (primary N) is 1. The molecule has 0 spiro atoms. The maximum atomic E-state index is 6.26. The van der Waals surface area contributed by atoms with Crippen LogP contribution in [0.4, 0.5) is 0 Å². The number of allylic oxidation sites excluding steroid dienone is 1. The molecule has 1 aromatic carbocycles. The van der Waals surface area contributed by atoms with Crippen molar-refractivity contribution in [2.75, 3.05) is 7.11 Å². The van der Waals surface area contributed by atoms with E-state index >= 15 is 0 Å². The molecule has 2 rings (SSSR count). The molecule has 0 aromatic heterocycles. The van der Waals surface area contributed by atoms with Gasteiger partial charge < -0.3 is 10.5 Å². The Hall–Kier alpha value is -1.28. The van der Waals surface area contributed by atoms with Crippen molar-refractivity contribution in [3.05, 3.63) is 41.5 Å². The van der Waals surface area contributed by atoms with Crippen LogP contribution in [0, 0.1) is 0 Å². The standard InChI is InChI=1S/C16H23NO/c1-18-16-10-6-5-9-14(16)12-15(17)11-13-7-3-2-4-8-13/h5-7,9-10,15H,2-4,8,11-12,17H2,1H3. The predicted octanol–water partition coefficient (Wildman–Crippen LogP) is 3.46. The first kappa shape index (κ1) is 13.2. The maximum Gasteiger partial charge on any atom is 0.122 e. The van der Waals surface area contributed by atoms with Gasteiger partial charge in [0.15, 0.2) is 0 Å². The van der Waals surface area contributed by atoms with E-state index in [1.807, 2.05) is 18.2 Å². The molecular weight excluding hydrogens is 222 g/mol. The Labute approximate surface area is 110 Å². The van der Waals surface area contributed by atoms with E-state index in [0.29, 0.717) is 0 Å². The zero-order valence-corrected chi connectivity index (χ0v) is 11.2. The molecule has 0 amide bonds. The molecule has 2 nitrogen and oxygen atoms in total. The highest BCUT2D eigenvalue weighted by atomic mass is 16.5. The maximum absolute atomic E-state index is 6.26. The molecule has 18 heavy (non-hydrogen) atoms. The van der Waals surface area contributed by atoms with E-state index in [0.717, 1.165) is 18.6 Å². The molecule has 2 heteroatoms. The molecule has 2 N–H and O–H groups in total. The summed E-state index contributed by atoms with van der Waals surface area (Å²) in [5.41, 5.74) is 9.02. The Morgan fingerprint density at radius 2 is 2.06 bits per heavy atom. The molecule has 1 unspecified atom stereocenters. The minimum Gasteiger partial charge on any atom is -0.496 e. The molecule has 0 aliphatic heterocycles. The lowest BCUT2D eigenvalue weighted by atomic mass is 9.92. The van der Waals surface area contributed by atoms with Crippen LogP contribution < -0.4 is 10.5 Å². The SMILES string of the molecule is COc1ccccc1CC(N)CC1=CCCCC1. The van der Waals surface area contributed by atoms with Gasteiger partial charge in [-0.15, -0.1) is 0 Å². The van der Waals surface area contributed by atoms with Crippen LogP contribution in [0.15, 0.2) is 35.9 Å². The lowest BCUT2D eigenvalue weighted by molar-refractivity contribution is 0.407. The largest absolute Gasteiger partial charge is 0.496 e. The van der Waals surface area contributed by atoms with Crippen molar-refractivity contribution in [3.63, 3.8) is 0 Å². The van der Waals surface area contributed by atoms with E-state index in [2.05, 4.69) is 12.1 Å². The highest BCUT2D eigenvalue weighted by molar-refractivity contribution is 5.34. The molecule has 1 atom stereocenters. The Kier molecular flexibility index (Phi) is 4.82. The summed E-state index contributed by atoms with van der Waals surface area (Å²) in [5, 5.41) is 0. The Morgan fingerprint density at radius 1 is 1.22 bits per heavy atom. The van der Waals surface area contributed by atoms with Gasteiger partial charge in [-0.3, -0.25) is 0 Å². The zero-order chi connectivity index (χ0) is 12.8. The van der Waals surface area contributed by atoms with Gasteiger partial charge in [0, 0.05) is 6.04 Å². The van der Waals surface area contributed by atoms with Gasteiger partial charge in [0.05, 0.1) is 7.11 Å². The molecule has 98 valence electrons. The molecule has 1 aliphatic carbocycles. The highest BCUT2D eigenvalue weighted by Gasteiger charge is 2.11. The van der Waals surface area contributed by atoms with Crippen LogP contribution in [-0.2, 0) is 6.42 Å². The third-order valence-corrected chi connectivity index (χ3v) is 3.58. The van der Waals surface area contributed by atoms with Gasteiger partial charge >= 0.3 is 0 Å². The topological polar surface area (TPSA) is 35.2 Å². The summed E-state index contributed by atoms with van der Waals surface area (Å²) >= 11 is 0. The number of hydrogen-bond acceptors (Lipinski definition) is 2. The number of hydrogen-bond donors (Lipinski definition) is 1. The smallest absolute Gasteiger partial charge is 0.122 e. The molecule has 0 radical (unpaired) electrons. The van der Waals surface area contributed by atoms with Gasteiger partial charge in [-0.1, -0.05) is 29.8 Å². The van der Waals surface area contributed by atoms with Crippen molar-refractivity contribution in [2.45, 2.75) is 44.6 Å². The third-order valence-electron chi connectivity index (χ3n) is 3.58. The first-order valence-corrected chi connectivity index (χ1v) is 6.85. The highest BCUT2D eigenvalue weighted by Crippen LogP contribution is 2.24. The Bertz CT molecular complexity index is 411. The van der Waals surface area contributed by atoms with Gasteiger partial charge in [0.1, 0.15) is 5.75 Å². The van der Waals surface area contributed by atoms with Crippen molar-refractivity contribution in [3.8, 4) is 5.75 Å². The van der Waals surface area contributed by atoms with Gasteiger partial charge in [-0.25, -0.2) is 0 Å². The normalized spacial score (nSPS) is 17.1. The monoisotopic (exact) mass is 245 g/mol. The average Bonchev–Trinajstić information content (AvgIpc) is 2.40. The van der Waals surface area contributed by atoms with Crippen molar-refractivity contribution >= 4 is 0 Å². The van der Waals surface area contributed by atoms with Crippen molar-refractivity contribution in [1.82, 2.24) is 0 Å². The molecule has 0 fully saturated rings. The lowest BCUT2D eigenvalue weighted by Gasteiger charge is -2.18. The Balaban J connectivity index is 1.94. The first-order chi connectivity index (χ1) is 8.79. The summed E-state index contributed by atoms with van der Waals surface area (Å²) < 4.78 is 5.37. The first-order valence-electron chi connectivity index (χ1n) is 6.85. The van der Waals surface area contributed by atoms with E-state index in [1.54, 1.807) is 12.7 Å². The lowest BCUT2D eigenvalue weighted by Crippen LogP contribution is -2.24. The molecule has 0 saturated heterocycles. The summed E-state index contributed by atoms with van der Waals surface area (Å²) in [5.74, 6) is 0.950. The van der Waals surface area contributed by atoms with Crippen LogP contribution in [0.5, 0.6) is 5.75 Å². The predicted molar refractivity (Wildman–Crippen MR) is 75.8 cm³/mol. The quantitative estimate of drug-likeness (QED) is 0.806. The number of para-hydroxylation sites is 1. The van der Waals surface area contributed by atoms with Crippen molar-refractivity contribution in [2.24, 2.45) is 5.73 Å². The number of benzene rings is 1. The molecule has 1 aromatic rings. The van der Waals surface area contributed by atoms with Crippen LogP contribution >= 0.6 is 0 Å². The number of rotatable bonds is 5. The summed E-state index contributed by atoms with van der Waals surface area (Å²) in [4.78, 5) is 0. The van der Waals surface area contributed by atoms with Crippen molar-refractivity contribution < 1.29 is 4.74 Å². The van der Waals surface area contributed by atoms with Crippen LogP contribution in [0.25, 0.3) is 0 Å². The van der Waals surface area contributed by atoms with E-state index < -0.39 is 0 Å². The minimum atomic E-state index is 0.200. The van der Waals surface area contributed by atoms with E-state index in [1.165, 1.54) is 31.2 Å². The van der Waals surface area contributed by atoms with E-state index in [4.69, 9.17) is 10.5 Å². The van der Waals surface area contributed by atoms with Crippen LogP contribution in [0.2, 0.25) is 0 Å². The summed E-state index contributed by atoms with van der Waals surface area (Å²) in [7, 11) is 1.72. The summed E-state index contributed by atoms with van der Waals surface area (Å²) in [6.45, 7) is 0.